The van der Waals surface area contributed by atoms with Crippen molar-refractivity contribution in [1.29, 1.82) is 0 Å². The summed E-state index contributed by atoms with van der Waals surface area (Å²) < 4.78 is 2.29. The van der Waals surface area contributed by atoms with Crippen molar-refractivity contribution >= 4 is 11.0 Å². The van der Waals surface area contributed by atoms with Crippen LogP contribution in [0.25, 0.3) is 22.4 Å². The third-order valence-electron chi connectivity index (χ3n) is 4.41. The lowest BCUT2D eigenvalue weighted by atomic mass is 10.1. The van der Waals surface area contributed by atoms with E-state index >= 15 is 0 Å². The average Bonchev–Trinajstić information content (AvgIpc) is 2.98. The second-order valence-corrected chi connectivity index (χ2v) is 6.18. The van der Waals surface area contributed by atoms with Crippen LogP contribution in [-0.2, 0) is 6.54 Å². The van der Waals surface area contributed by atoms with Crippen LogP contribution >= 0.6 is 0 Å². The van der Waals surface area contributed by atoms with E-state index in [0.29, 0.717) is 0 Å². The smallest absolute Gasteiger partial charge is 0.143 e. The average molecular weight is 313 g/mol. The highest BCUT2D eigenvalue weighted by Crippen LogP contribution is 2.26. The Morgan fingerprint density at radius 3 is 2.67 bits per heavy atom. The summed E-state index contributed by atoms with van der Waals surface area (Å²) in [6.45, 7) is 5.10. The molecule has 0 N–H and O–H groups in total. The van der Waals surface area contributed by atoms with Crippen LogP contribution in [0.3, 0.4) is 0 Å². The van der Waals surface area contributed by atoms with Gasteiger partial charge in [-0.25, -0.2) is 4.98 Å². The maximum absolute atomic E-state index is 4.85. The molecule has 0 atom stereocenters. The van der Waals surface area contributed by atoms with Crippen molar-refractivity contribution in [2.24, 2.45) is 0 Å². The highest BCUT2D eigenvalue weighted by Gasteiger charge is 2.13. The Morgan fingerprint density at radius 2 is 1.83 bits per heavy atom. The second kappa shape index (κ2) is 5.93. The molecule has 0 amide bonds. The first-order valence-electron chi connectivity index (χ1n) is 8.14. The lowest BCUT2D eigenvalue weighted by Gasteiger charge is -2.12. The number of imidazole rings is 1. The van der Waals surface area contributed by atoms with E-state index in [0.717, 1.165) is 29.0 Å². The number of aromatic nitrogens is 3. The molecule has 2 heterocycles. The summed E-state index contributed by atoms with van der Waals surface area (Å²) in [6, 6.07) is 18.9. The van der Waals surface area contributed by atoms with Gasteiger partial charge in [-0.05, 0) is 49.2 Å². The molecule has 3 nitrogen and oxygen atoms in total. The van der Waals surface area contributed by atoms with Gasteiger partial charge in [-0.1, -0.05) is 35.9 Å². The molecule has 24 heavy (non-hydrogen) atoms. The first-order valence-corrected chi connectivity index (χ1v) is 8.14. The molecule has 0 bridgehead atoms. The van der Waals surface area contributed by atoms with Crippen molar-refractivity contribution in [1.82, 2.24) is 14.5 Å². The zero-order valence-corrected chi connectivity index (χ0v) is 13.9. The fourth-order valence-electron chi connectivity index (χ4n) is 3.09. The van der Waals surface area contributed by atoms with Crippen LogP contribution in [-0.4, -0.2) is 14.5 Å². The summed E-state index contributed by atoms with van der Waals surface area (Å²) in [6.07, 6.45) is 3.67. The van der Waals surface area contributed by atoms with Crippen LogP contribution in [0.4, 0.5) is 0 Å². The third-order valence-corrected chi connectivity index (χ3v) is 4.41. The van der Waals surface area contributed by atoms with E-state index in [2.05, 4.69) is 65.9 Å². The molecule has 0 unspecified atom stereocenters. The van der Waals surface area contributed by atoms with Crippen molar-refractivity contribution in [3.8, 4) is 11.4 Å². The molecular formula is C21H19N3. The Bertz CT molecular complexity index is 1000. The Labute approximate surface area is 141 Å². The van der Waals surface area contributed by atoms with Gasteiger partial charge in [0.25, 0.3) is 0 Å². The van der Waals surface area contributed by atoms with E-state index in [9.17, 15) is 0 Å². The SMILES string of the molecule is Cc1ccc(C)c(Cn2c(-c3cccnc3)nc3ccccc32)c1. The number of pyridine rings is 1. The molecule has 0 radical (unpaired) electrons. The van der Waals surface area contributed by atoms with Crippen molar-refractivity contribution in [2.45, 2.75) is 20.4 Å². The predicted octanol–water partition coefficient (Wildman–Crippen LogP) is 4.76. The molecule has 0 aliphatic heterocycles. The van der Waals surface area contributed by atoms with Gasteiger partial charge in [0, 0.05) is 24.5 Å². The van der Waals surface area contributed by atoms with Gasteiger partial charge in [0.05, 0.1) is 11.0 Å². The van der Waals surface area contributed by atoms with Gasteiger partial charge in [0.15, 0.2) is 0 Å². The number of benzene rings is 2. The maximum atomic E-state index is 4.85. The van der Waals surface area contributed by atoms with Gasteiger partial charge < -0.3 is 4.57 Å². The minimum atomic E-state index is 0.804. The van der Waals surface area contributed by atoms with E-state index in [1.54, 1.807) is 6.20 Å². The summed E-state index contributed by atoms with van der Waals surface area (Å²) in [4.78, 5) is 9.11. The fourth-order valence-corrected chi connectivity index (χ4v) is 3.09. The maximum Gasteiger partial charge on any atom is 0.143 e. The van der Waals surface area contributed by atoms with E-state index in [1.807, 2.05) is 18.3 Å². The van der Waals surface area contributed by atoms with E-state index < -0.39 is 0 Å². The molecule has 4 aromatic rings. The molecule has 3 heteroatoms. The standard InChI is InChI=1S/C21H19N3/c1-15-9-10-16(2)18(12-15)14-24-20-8-4-3-7-19(20)23-21(24)17-6-5-11-22-13-17/h3-13H,14H2,1-2H3. The molecular weight excluding hydrogens is 294 g/mol. The molecule has 2 aromatic heterocycles. The van der Waals surface area contributed by atoms with Crippen LogP contribution in [0, 0.1) is 13.8 Å². The molecule has 0 aliphatic rings. The molecule has 0 saturated carbocycles. The lowest BCUT2D eigenvalue weighted by Crippen LogP contribution is -2.04. The van der Waals surface area contributed by atoms with Gasteiger partial charge in [-0.15, -0.1) is 0 Å². The van der Waals surface area contributed by atoms with E-state index in [1.165, 1.54) is 16.7 Å². The highest BCUT2D eigenvalue weighted by atomic mass is 15.1. The molecule has 0 fully saturated rings. The fraction of sp³-hybridized carbons (Fsp3) is 0.143. The number of hydrogen-bond acceptors (Lipinski definition) is 2. The van der Waals surface area contributed by atoms with Crippen molar-refractivity contribution in [2.75, 3.05) is 0 Å². The number of aryl methyl sites for hydroxylation is 2. The second-order valence-electron chi connectivity index (χ2n) is 6.18. The normalized spacial score (nSPS) is 11.1. The Hall–Kier alpha value is -2.94. The molecule has 2 aromatic carbocycles. The zero-order valence-electron chi connectivity index (χ0n) is 13.9. The summed E-state index contributed by atoms with van der Waals surface area (Å²) >= 11 is 0. The minimum Gasteiger partial charge on any atom is -0.319 e. The Balaban J connectivity index is 1.91. The van der Waals surface area contributed by atoms with Crippen LogP contribution in [0.2, 0.25) is 0 Å². The third kappa shape index (κ3) is 2.58. The van der Waals surface area contributed by atoms with Crippen molar-refractivity contribution < 1.29 is 0 Å². The number of para-hydroxylation sites is 2. The number of nitrogens with zero attached hydrogens (tertiary/aromatic N) is 3. The molecule has 0 aliphatic carbocycles. The van der Waals surface area contributed by atoms with Crippen molar-refractivity contribution in [3.63, 3.8) is 0 Å². The molecule has 0 spiro atoms. The van der Waals surface area contributed by atoms with Crippen LogP contribution < -0.4 is 0 Å². The summed E-state index contributed by atoms with van der Waals surface area (Å²) in [5.74, 6) is 0.963. The van der Waals surface area contributed by atoms with Gasteiger partial charge in [0.1, 0.15) is 5.82 Å². The number of rotatable bonds is 3. The topological polar surface area (TPSA) is 30.7 Å². The van der Waals surface area contributed by atoms with Crippen LogP contribution in [0.15, 0.2) is 67.0 Å². The summed E-state index contributed by atoms with van der Waals surface area (Å²) in [7, 11) is 0. The Morgan fingerprint density at radius 1 is 0.958 bits per heavy atom. The summed E-state index contributed by atoms with van der Waals surface area (Å²) in [5.41, 5.74) is 7.11. The number of hydrogen-bond donors (Lipinski definition) is 0. The quantitative estimate of drug-likeness (QED) is 0.546. The summed E-state index contributed by atoms with van der Waals surface area (Å²) in [5, 5.41) is 0. The first kappa shape index (κ1) is 14.6. The molecule has 118 valence electrons. The highest BCUT2D eigenvalue weighted by molar-refractivity contribution is 5.80. The van der Waals surface area contributed by atoms with Gasteiger partial charge in [0.2, 0.25) is 0 Å². The lowest BCUT2D eigenvalue weighted by molar-refractivity contribution is 0.826. The van der Waals surface area contributed by atoms with E-state index in [4.69, 9.17) is 4.98 Å². The number of fused-ring (bicyclic) bond motifs is 1. The predicted molar refractivity (Wildman–Crippen MR) is 98.0 cm³/mol. The van der Waals surface area contributed by atoms with Crippen LogP contribution in [0.1, 0.15) is 16.7 Å². The van der Waals surface area contributed by atoms with E-state index in [-0.39, 0.29) is 0 Å². The van der Waals surface area contributed by atoms with Crippen LogP contribution in [0.5, 0.6) is 0 Å². The molecule has 0 saturated heterocycles. The minimum absolute atomic E-state index is 0.804. The van der Waals surface area contributed by atoms with Crippen molar-refractivity contribution in [3.05, 3.63) is 83.7 Å². The molecule has 4 rings (SSSR count). The first-order chi connectivity index (χ1) is 11.7. The Kier molecular flexibility index (Phi) is 3.62. The monoisotopic (exact) mass is 313 g/mol. The van der Waals surface area contributed by atoms with Gasteiger partial charge in [-0.3, -0.25) is 4.98 Å². The largest absolute Gasteiger partial charge is 0.319 e. The van der Waals surface area contributed by atoms with Gasteiger partial charge >= 0.3 is 0 Å². The zero-order chi connectivity index (χ0) is 16.5. The van der Waals surface area contributed by atoms with Gasteiger partial charge in [-0.2, -0.15) is 0 Å².